The third kappa shape index (κ3) is 3.08. The highest BCUT2D eigenvalue weighted by atomic mass is 32.2. The summed E-state index contributed by atoms with van der Waals surface area (Å²) in [5.41, 5.74) is 0.225. The first-order valence-electron chi connectivity index (χ1n) is 5.58. The second-order valence-electron chi connectivity index (χ2n) is 3.85. The van der Waals surface area contributed by atoms with E-state index in [0.29, 0.717) is 6.54 Å². The van der Waals surface area contributed by atoms with Crippen molar-refractivity contribution in [1.82, 2.24) is 4.31 Å². The first-order chi connectivity index (χ1) is 8.43. The van der Waals surface area contributed by atoms with E-state index in [1.807, 2.05) is 6.92 Å². The van der Waals surface area contributed by atoms with Crippen molar-refractivity contribution < 1.29 is 17.9 Å². The molecule has 1 aromatic carbocycles. The topological polar surface area (TPSA) is 63.7 Å². The van der Waals surface area contributed by atoms with Gasteiger partial charge < -0.3 is 4.74 Å². The quantitative estimate of drug-likeness (QED) is 0.761. The standard InChI is InChI=1S/C12H17NO4S/c1-4-8-13(2)18(15,16)11-7-5-6-10(9-11)12(14)17-3/h5-7,9H,4,8H2,1-3H3. The fourth-order valence-electron chi connectivity index (χ4n) is 1.52. The second kappa shape index (κ2) is 5.97. The Morgan fingerprint density at radius 2 is 2.06 bits per heavy atom. The predicted octanol–water partition coefficient (Wildman–Crippen LogP) is 1.50. The van der Waals surface area contributed by atoms with Gasteiger partial charge in [0.05, 0.1) is 17.6 Å². The minimum atomic E-state index is -3.54. The first-order valence-corrected chi connectivity index (χ1v) is 7.02. The van der Waals surface area contributed by atoms with E-state index in [1.165, 1.54) is 42.7 Å². The Morgan fingerprint density at radius 1 is 1.39 bits per heavy atom. The number of carbonyl (C=O) groups is 1. The molecule has 0 spiro atoms. The van der Waals surface area contributed by atoms with E-state index in [2.05, 4.69) is 4.74 Å². The maximum Gasteiger partial charge on any atom is 0.337 e. The molecule has 0 saturated heterocycles. The van der Waals surface area contributed by atoms with Crippen molar-refractivity contribution >= 4 is 16.0 Å². The summed E-state index contributed by atoms with van der Waals surface area (Å²) in [5, 5.41) is 0. The van der Waals surface area contributed by atoms with Crippen LogP contribution in [0.5, 0.6) is 0 Å². The monoisotopic (exact) mass is 271 g/mol. The third-order valence-corrected chi connectivity index (χ3v) is 4.35. The van der Waals surface area contributed by atoms with Gasteiger partial charge in [-0.15, -0.1) is 0 Å². The molecule has 0 aromatic heterocycles. The zero-order valence-electron chi connectivity index (χ0n) is 10.7. The lowest BCUT2D eigenvalue weighted by atomic mass is 10.2. The second-order valence-corrected chi connectivity index (χ2v) is 5.89. The van der Waals surface area contributed by atoms with Gasteiger partial charge in [0.2, 0.25) is 10.0 Å². The smallest absolute Gasteiger partial charge is 0.337 e. The van der Waals surface area contributed by atoms with Gasteiger partial charge in [-0.1, -0.05) is 13.0 Å². The number of ether oxygens (including phenoxy) is 1. The lowest BCUT2D eigenvalue weighted by Crippen LogP contribution is -2.27. The molecular formula is C12H17NO4S. The van der Waals surface area contributed by atoms with E-state index in [4.69, 9.17) is 0 Å². The average Bonchev–Trinajstić information content (AvgIpc) is 2.38. The normalized spacial score (nSPS) is 11.6. The Bertz CT molecular complexity index is 525. The van der Waals surface area contributed by atoms with E-state index < -0.39 is 16.0 Å². The Balaban J connectivity index is 3.14. The molecule has 1 aromatic rings. The SMILES string of the molecule is CCCN(C)S(=O)(=O)c1cccc(C(=O)OC)c1. The summed E-state index contributed by atoms with van der Waals surface area (Å²) < 4.78 is 30.1. The van der Waals surface area contributed by atoms with Crippen molar-refractivity contribution in [2.75, 3.05) is 20.7 Å². The molecule has 0 bridgehead atoms. The third-order valence-electron chi connectivity index (χ3n) is 2.50. The number of hydrogen-bond donors (Lipinski definition) is 0. The van der Waals surface area contributed by atoms with Crippen LogP contribution in [0.4, 0.5) is 0 Å². The fraction of sp³-hybridized carbons (Fsp3) is 0.417. The summed E-state index contributed by atoms with van der Waals surface area (Å²) in [6.45, 7) is 2.33. The number of benzene rings is 1. The molecule has 5 nitrogen and oxygen atoms in total. The molecular weight excluding hydrogens is 254 g/mol. The van der Waals surface area contributed by atoms with Crippen LogP contribution in [0.1, 0.15) is 23.7 Å². The van der Waals surface area contributed by atoms with Gasteiger partial charge >= 0.3 is 5.97 Å². The van der Waals surface area contributed by atoms with Crippen molar-refractivity contribution in [3.8, 4) is 0 Å². The molecule has 0 amide bonds. The van der Waals surface area contributed by atoms with Gasteiger partial charge in [-0.3, -0.25) is 0 Å². The van der Waals surface area contributed by atoms with E-state index >= 15 is 0 Å². The zero-order valence-corrected chi connectivity index (χ0v) is 11.5. The molecule has 18 heavy (non-hydrogen) atoms. The Kier molecular flexibility index (Phi) is 4.86. The number of nitrogens with zero attached hydrogens (tertiary/aromatic N) is 1. The van der Waals surface area contributed by atoms with Crippen molar-refractivity contribution in [1.29, 1.82) is 0 Å². The molecule has 0 N–H and O–H groups in total. The Labute approximate surface area is 107 Å². The van der Waals surface area contributed by atoms with Gasteiger partial charge in [0, 0.05) is 13.6 Å². The van der Waals surface area contributed by atoms with E-state index in [0.717, 1.165) is 6.42 Å². The number of rotatable bonds is 5. The highest BCUT2D eigenvalue weighted by molar-refractivity contribution is 7.89. The summed E-state index contributed by atoms with van der Waals surface area (Å²) >= 11 is 0. The van der Waals surface area contributed by atoms with Crippen molar-refractivity contribution in [2.24, 2.45) is 0 Å². The minimum Gasteiger partial charge on any atom is -0.465 e. The highest BCUT2D eigenvalue weighted by Gasteiger charge is 2.21. The predicted molar refractivity (Wildman–Crippen MR) is 67.9 cm³/mol. The van der Waals surface area contributed by atoms with Crippen LogP contribution in [0, 0.1) is 0 Å². The van der Waals surface area contributed by atoms with E-state index in [9.17, 15) is 13.2 Å². The maximum atomic E-state index is 12.2. The minimum absolute atomic E-state index is 0.0985. The van der Waals surface area contributed by atoms with Crippen LogP contribution in [-0.2, 0) is 14.8 Å². The number of hydrogen-bond acceptors (Lipinski definition) is 4. The molecule has 0 heterocycles. The fourth-order valence-corrected chi connectivity index (χ4v) is 2.83. The van der Waals surface area contributed by atoms with Gasteiger partial charge in [0.15, 0.2) is 0 Å². The van der Waals surface area contributed by atoms with Crippen LogP contribution >= 0.6 is 0 Å². The van der Waals surface area contributed by atoms with Crippen molar-refractivity contribution in [3.63, 3.8) is 0 Å². The van der Waals surface area contributed by atoms with E-state index in [1.54, 1.807) is 0 Å². The van der Waals surface area contributed by atoms with Crippen LogP contribution in [0.2, 0.25) is 0 Å². The molecule has 0 saturated carbocycles. The highest BCUT2D eigenvalue weighted by Crippen LogP contribution is 2.16. The van der Waals surface area contributed by atoms with Gasteiger partial charge in [-0.2, -0.15) is 0 Å². The van der Waals surface area contributed by atoms with Crippen molar-refractivity contribution in [3.05, 3.63) is 29.8 Å². The zero-order chi connectivity index (χ0) is 13.8. The largest absolute Gasteiger partial charge is 0.465 e. The Hall–Kier alpha value is -1.40. The molecule has 0 fully saturated rings. The molecule has 0 radical (unpaired) electrons. The van der Waals surface area contributed by atoms with Crippen molar-refractivity contribution in [2.45, 2.75) is 18.2 Å². The molecule has 0 aliphatic rings. The number of esters is 1. The summed E-state index contributed by atoms with van der Waals surface area (Å²) in [7, 11) is -0.766. The van der Waals surface area contributed by atoms with Crippen LogP contribution in [0.25, 0.3) is 0 Å². The maximum absolute atomic E-state index is 12.2. The van der Waals surface area contributed by atoms with Crippen LogP contribution < -0.4 is 0 Å². The first kappa shape index (κ1) is 14.7. The lowest BCUT2D eigenvalue weighted by Gasteiger charge is -2.16. The van der Waals surface area contributed by atoms with Gasteiger partial charge in [0.1, 0.15) is 0 Å². The molecule has 100 valence electrons. The van der Waals surface area contributed by atoms with Crippen LogP contribution in [0.15, 0.2) is 29.2 Å². The Morgan fingerprint density at radius 3 is 2.61 bits per heavy atom. The lowest BCUT2D eigenvalue weighted by molar-refractivity contribution is 0.0600. The number of sulfonamides is 1. The molecule has 0 unspecified atom stereocenters. The molecule has 0 atom stereocenters. The van der Waals surface area contributed by atoms with E-state index in [-0.39, 0.29) is 10.5 Å². The van der Waals surface area contributed by atoms with Gasteiger partial charge in [0.25, 0.3) is 0 Å². The average molecular weight is 271 g/mol. The molecule has 0 aliphatic carbocycles. The number of methoxy groups -OCH3 is 1. The van der Waals surface area contributed by atoms with Gasteiger partial charge in [-0.25, -0.2) is 17.5 Å². The summed E-state index contributed by atoms with van der Waals surface area (Å²) in [6.07, 6.45) is 0.729. The van der Waals surface area contributed by atoms with Crippen LogP contribution in [-0.4, -0.2) is 39.4 Å². The summed E-state index contributed by atoms with van der Waals surface area (Å²) in [4.78, 5) is 11.5. The summed E-state index contributed by atoms with van der Waals surface area (Å²) in [6, 6.07) is 5.84. The molecule has 1 rings (SSSR count). The van der Waals surface area contributed by atoms with Gasteiger partial charge in [-0.05, 0) is 24.6 Å². The molecule has 0 aliphatic heterocycles. The summed E-state index contributed by atoms with van der Waals surface area (Å²) in [5.74, 6) is -0.551. The molecule has 6 heteroatoms. The number of carbonyl (C=O) groups excluding carboxylic acids is 1. The van der Waals surface area contributed by atoms with Crippen LogP contribution in [0.3, 0.4) is 0 Å².